The van der Waals surface area contributed by atoms with Crippen LogP contribution in [0, 0.1) is 0 Å². The van der Waals surface area contributed by atoms with Crippen LogP contribution in [0.1, 0.15) is 39.2 Å². The summed E-state index contributed by atoms with van der Waals surface area (Å²) in [7, 11) is 1.85. The summed E-state index contributed by atoms with van der Waals surface area (Å²) >= 11 is 0. The highest BCUT2D eigenvalue weighted by Gasteiger charge is 2.57. The van der Waals surface area contributed by atoms with Gasteiger partial charge in [0, 0.05) is 35.8 Å². The molecule has 34 heavy (non-hydrogen) atoms. The third-order valence-electron chi connectivity index (χ3n) is 6.87. The monoisotopic (exact) mass is 470 g/mol. The minimum atomic E-state index is -4.71. The first kappa shape index (κ1) is 22.4. The summed E-state index contributed by atoms with van der Waals surface area (Å²) in [5, 5.41) is 13.6. The van der Waals surface area contributed by atoms with Crippen LogP contribution in [0.2, 0.25) is 0 Å². The minimum absolute atomic E-state index is 0.0294. The molecule has 1 aromatic carbocycles. The summed E-state index contributed by atoms with van der Waals surface area (Å²) in [5.41, 5.74) is 0.131. The lowest BCUT2D eigenvalue weighted by atomic mass is 9.61. The molecule has 0 spiro atoms. The minimum Gasteiger partial charge on any atom is -0.362 e. The highest BCUT2D eigenvalue weighted by atomic mass is 19.4. The number of aromatic nitrogens is 2. The summed E-state index contributed by atoms with van der Waals surface area (Å²) in [5.74, 6) is -0.383. The van der Waals surface area contributed by atoms with E-state index in [4.69, 9.17) is 0 Å². The molecular formula is C24H25F3N6O. The van der Waals surface area contributed by atoms with Crippen molar-refractivity contribution in [3.8, 4) is 11.3 Å². The molecule has 0 radical (unpaired) electrons. The van der Waals surface area contributed by atoms with Crippen LogP contribution < -0.4 is 10.6 Å². The highest BCUT2D eigenvalue weighted by molar-refractivity contribution is 6.00. The lowest BCUT2D eigenvalue weighted by Crippen LogP contribution is -2.58. The van der Waals surface area contributed by atoms with Crippen LogP contribution in [0.3, 0.4) is 0 Å². The summed E-state index contributed by atoms with van der Waals surface area (Å²) in [6.07, 6.45) is -1.67. The van der Waals surface area contributed by atoms with Crippen LogP contribution in [0.4, 0.5) is 13.2 Å². The SMILES string of the molecule is CC[C@]1(c2cccc(-c3cncn3C)c2)C2=C(CC(C)(C)NC2=O)NC2N=NC(C(F)(F)F)=C21. The normalized spacial score (nSPS) is 25.7. The lowest BCUT2D eigenvalue weighted by Gasteiger charge is -2.48. The summed E-state index contributed by atoms with van der Waals surface area (Å²) in [6, 6.07) is 7.31. The molecule has 3 aliphatic heterocycles. The first-order valence-corrected chi connectivity index (χ1v) is 11.1. The van der Waals surface area contributed by atoms with Crippen LogP contribution in [0.15, 0.2) is 69.6 Å². The Kier molecular flexibility index (Phi) is 4.79. The molecule has 4 heterocycles. The van der Waals surface area contributed by atoms with Gasteiger partial charge in [0.15, 0.2) is 11.9 Å². The van der Waals surface area contributed by atoms with Gasteiger partial charge in [-0.3, -0.25) is 4.79 Å². The van der Waals surface area contributed by atoms with Gasteiger partial charge in [0.1, 0.15) is 0 Å². The van der Waals surface area contributed by atoms with Crippen molar-refractivity contribution in [2.45, 2.75) is 56.9 Å². The number of amides is 1. The van der Waals surface area contributed by atoms with Gasteiger partial charge in [-0.05, 0) is 31.9 Å². The molecule has 1 amide bonds. The molecule has 2 aromatic rings. The Morgan fingerprint density at radius 1 is 1.26 bits per heavy atom. The van der Waals surface area contributed by atoms with Crippen molar-refractivity contribution in [2.24, 2.45) is 17.3 Å². The number of nitrogens with zero attached hydrogens (tertiary/aromatic N) is 4. The zero-order chi connectivity index (χ0) is 24.5. The molecule has 0 bridgehead atoms. The Morgan fingerprint density at radius 2 is 2.03 bits per heavy atom. The number of allylic oxidation sites excluding steroid dienone is 1. The van der Waals surface area contributed by atoms with Gasteiger partial charge in [-0.2, -0.15) is 18.3 Å². The van der Waals surface area contributed by atoms with Crippen molar-refractivity contribution < 1.29 is 18.0 Å². The average molecular weight is 470 g/mol. The van der Waals surface area contributed by atoms with Gasteiger partial charge in [-0.1, -0.05) is 25.1 Å². The van der Waals surface area contributed by atoms with E-state index in [1.165, 1.54) is 0 Å². The van der Waals surface area contributed by atoms with Crippen LogP contribution >= 0.6 is 0 Å². The fraction of sp³-hybridized carbons (Fsp3) is 0.417. The van der Waals surface area contributed by atoms with Crippen LogP contribution in [0.5, 0.6) is 0 Å². The molecule has 0 saturated carbocycles. The molecule has 5 rings (SSSR count). The Bertz CT molecular complexity index is 1290. The van der Waals surface area contributed by atoms with Gasteiger partial charge < -0.3 is 15.2 Å². The molecule has 1 unspecified atom stereocenters. The van der Waals surface area contributed by atoms with E-state index < -0.39 is 29.0 Å². The van der Waals surface area contributed by atoms with Crippen LogP contribution in [0.25, 0.3) is 11.3 Å². The maximum Gasteiger partial charge on any atom is 0.435 e. The second-order valence-electron chi connectivity index (χ2n) is 9.62. The van der Waals surface area contributed by atoms with E-state index in [0.29, 0.717) is 23.3 Å². The van der Waals surface area contributed by atoms with Gasteiger partial charge >= 0.3 is 6.18 Å². The molecule has 7 nitrogen and oxygen atoms in total. The van der Waals surface area contributed by atoms with Crippen molar-refractivity contribution in [2.75, 3.05) is 0 Å². The van der Waals surface area contributed by atoms with E-state index in [1.807, 2.05) is 37.6 Å². The number of benzene rings is 1. The standard InChI is InChI=1S/C24H25F3N6O/c1-5-23(14-8-6-7-13(9-14)16-11-28-12-33(16)4)17-15(10-22(2,3)30-21(17)34)29-20-18(23)19(31-32-20)24(25,26)27/h6-9,11-12,20,29H,5,10H2,1-4H3,(H,30,34)/t20?,23-/m0/s1. The third-order valence-corrected chi connectivity index (χ3v) is 6.87. The van der Waals surface area contributed by atoms with Gasteiger partial charge in [-0.15, -0.1) is 5.11 Å². The number of hydrogen-bond acceptors (Lipinski definition) is 5. The molecule has 0 aliphatic carbocycles. The third kappa shape index (κ3) is 3.19. The van der Waals surface area contributed by atoms with E-state index in [1.54, 1.807) is 31.6 Å². The van der Waals surface area contributed by atoms with E-state index in [-0.39, 0.29) is 17.9 Å². The van der Waals surface area contributed by atoms with Gasteiger partial charge in [0.2, 0.25) is 0 Å². The first-order chi connectivity index (χ1) is 16.0. The predicted octanol–water partition coefficient (Wildman–Crippen LogP) is 4.50. The van der Waals surface area contributed by atoms with Gasteiger partial charge in [-0.25, -0.2) is 4.98 Å². The number of halogens is 3. The van der Waals surface area contributed by atoms with Crippen molar-refractivity contribution in [3.05, 3.63) is 64.9 Å². The predicted molar refractivity (Wildman–Crippen MR) is 119 cm³/mol. The molecule has 2 N–H and O–H groups in total. The number of azo groups is 1. The number of nitrogens with one attached hydrogen (secondary N) is 2. The van der Waals surface area contributed by atoms with Crippen molar-refractivity contribution in [3.63, 3.8) is 0 Å². The average Bonchev–Trinajstić information content (AvgIpc) is 3.37. The van der Waals surface area contributed by atoms with Crippen LogP contribution in [-0.4, -0.2) is 33.3 Å². The van der Waals surface area contributed by atoms with Gasteiger partial charge in [0.05, 0.1) is 29.2 Å². The molecule has 2 atom stereocenters. The van der Waals surface area contributed by atoms with Crippen molar-refractivity contribution >= 4 is 5.91 Å². The zero-order valence-corrected chi connectivity index (χ0v) is 19.3. The maximum absolute atomic E-state index is 14.2. The van der Waals surface area contributed by atoms with E-state index in [9.17, 15) is 18.0 Å². The number of imidazole rings is 1. The lowest BCUT2D eigenvalue weighted by molar-refractivity contribution is -0.120. The molecule has 178 valence electrons. The molecule has 10 heteroatoms. The molecule has 1 aromatic heterocycles. The Hall–Kier alpha value is -3.43. The Morgan fingerprint density at radius 3 is 2.68 bits per heavy atom. The number of carbonyl (C=O) groups is 1. The first-order valence-electron chi connectivity index (χ1n) is 11.1. The maximum atomic E-state index is 14.2. The summed E-state index contributed by atoms with van der Waals surface area (Å²) in [4.78, 5) is 17.7. The second kappa shape index (κ2) is 7.28. The zero-order valence-electron chi connectivity index (χ0n) is 19.3. The van der Waals surface area contributed by atoms with E-state index >= 15 is 0 Å². The Labute approximate surface area is 194 Å². The largest absolute Gasteiger partial charge is 0.435 e. The fourth-order valence-electron chi connectivity index (χ4n) is 5.51. The summed E-state index contributed by atoms with van der Waals surface area (Å²) in [6.45, 7) is 5.57. The fourth-order valence-corrected chi connectivity index (χ4v) is 5.51. The molecule has 0 fully saturated rings. The van der Waals surface area contributed by atoms with Crippen molar-refractivity contribution in [1.82, 2.24) is 20.2 Å². The van der Waals surface area contributed by atoms with Crippen LogP contribution in [-0.2, 0) is 17.3 Å². The quantitative estimate of drug-likeness (QED) is 0.693. The highest BCUT2D eigenvalue weighted by Crippen LogP contribution is 2.55. The molecule has 3 aliphatic rings. The smallest absolute Gasteiger partial charge is 0.362 e. The number of fused-ring (bicyclic) bond motifs is 1. The topological polar surface area (TPSA) is 83.7 Å². The molecule has 0 saturated heterocycles. The number of aryl methyl sites for hydroxylation is 1. The van der Waals surface area contributed by atoms with E-state index in [2.05, 4.69) is 25.8 Å². The number of alkyl halides is 3. The second-order valence-corrected chi connectivity index (χ2v) is 9.62. The summed E-state index contributed by atoms with van der Waals surface area (Å²) < 4.78 is 44.3. The van der Waals surface area contributed by atoms with E-state index in [0.717, 1.165) is 11.3 Å². The van der Waals surface area contributed by atoms with Crippen molar-refractivity contribution in [1.29, 1.82) is 0 Å². The molecular weight excluding hydrogens is 445 g/mol. The number of carbonyl (C=O) groups excluding carboxylic acids is 1. The number of rotatable bonds is 3. The Balaban J connectivity index is 1.83. The van der Waals surface area contributed by atoms with Gasteiger partial charge in [0.25, 0.3) is 5.91 Å². The number of hydrogen-bond donors (Lipinski definition) is 2.